The Labute approximate surface area is 241 Å². The fourth-order valence-electron chi connectivity index (χ4n) is 5.16. The van der Waals surface area contributed by atoms with E-state index in [1.54, 1.807) is 36.0 Å². The topological polar surface area (TPSA) is 120 Å². The fourth-order valence-corrected chi connectivity index (χ4v) is 6.17. The summed E-state index contributed by atoms with van der Waals surface area (Å²) in [7, 11) is 1.80. The minimum absolute atomic E-state index is 0.0213. The third kappa shape index (κ3) is 5.41. The first-order valence-corrected chi connectivity index (χ1v) is 14.3. The summed E-state index contributed by atoms with van der Waals surface area (Å²) in [6.07, 6.45) is -1.05. The van der Waals surface area contributed by atoms with E-state index < -0.39 is 6.29 Å². The van der Waals surface area contributed by atoms with Crippen LogP contribution in [0.5, 0.6) is 0 Å². The number of rotatable bonds is 8. The van der Waals surface area contributed by atoms with Crippen molar-refractivity contribution in [3.63, 3.8) is 0 Å². The molecule has 4 aromatic rings. The van der Waals surface area contributed by atoms with Crippen LogP contribution in [0.4, 0.5) is 0 Å². The van der Waals surface area contributed by atoms with Gasteiger partial charge in [0.05, 0.1) is 36.5 Å². The Hall–Kier alpha value is -3.90. The zero-order valence-electron chi connectivity index (χ0n) is 22.6. The molecule has 2 amide bonds. The molecule has 6 rings (SSSR count). The molecule has 11 heteroatoms. The summed E-state index contributed by atoms with van der Waals surface area (Å²) in [5.41, 5.74) is 4.36. The number of nitrogens with zero attached hydrogens (tertiary/aromatic N) is 5. The van der Waals surface area contributed by atoms with Crippen LogP contribution in [0, 0.1) is 5.92 Å². The molecule has 41 heavy (non-hydrogen) atoms. The highest BCUT2D eigenvalue weighted by atomic mass is 32.2. The molecule has 1 aromatic heterocycles. The van der Waals surface area contributed by atoms with Gasteiger partial charge in [-0.15, -0.1) is 5.10 Å². The normalized spacial score (nSPS) is 22.3. The van der Waals surface area contributed by atoms with Crippen LogP contribution in [0.15, 0.2) is 78.0 Å². The predicted octanol–water partition coefficient (Wildman–Crippen LogP) is 4.08. The van der Waals surface area contributed by atoms with Gasteiger partial charge in [-0.25, -0.2) is 4.68 Å². The van der Waals surface area contributed by atoms with Crippen molar-refractivity contribution in [1.82, 2.24) is 25.1 Å². The van der Waals surface area contributed by atoms with Crippen molar-refractivity contribution in [2.45, 2.75) is 43.7 Å². The molecule has 0 bridgehead atoms. The lowest BCUT2D eigenvalue weighted by atomic mass is 9.91. The van der Waals surface area contributed by atoms with Crippen LogP contribution in [0.1, 0.15) is 62.3 Å². The molecule has 3 heterocycles. The number of thioether (sulfide) groups is 1. The Morgan fingerprint density at radius 1 is 0.878 bits per heavy atom. The number of ether oxygens (including phenoxy) is 2. The molecule has 2 aliphatic heterocycles. The van der Waals surface area contributed by atoms with Crippen LogP contribution in [-0.4, -0.2) is 53.9 Å². The largest absolute Gasteiger partial charge is 0.392 e. The maximum absolute atomic E-state index is 12.8. The molecule has 10 nitrogen and oxygen atoms in total. The van der Waals surface area contributed by atoms with Crippen molar-refractivity contribution in [2.24, 2.45) is 13.0 Å². The monoisotopic (exact) mass is 571 g/mol. The lowest BCUT2D eigenvalue weighted by molar-refractivity contribution is -0.268. The van der Waals surface area contributed by atoms with Crippen molar-refractivity contribution in [3.8, 4) is 0 Å². The van der Waals surface area contributed by atoms with E-state index in [4.69, 9.17) is 9.47 Å². The summed E-state index contributed by atoms with van der Waals surface area (Å²) in [5, 5.41) is 21.9. The number of fused-ring (bicyclic) bond motifs is 1. The van der Waals surface area contributed by atoms with Gasteiger partial charge < -0.3 is 14.6 Å². The minimum atomic E-state index is -0.634. The van der Waals surface area contributed by atoms with E-state index in [0.29, 0.717) is 22.0 Å². The quantitative estimate of drug-likeness (QED) is 0.246. The van der Waals surface area contributed by atoms with Crippen molar-refractivity contribution < 1.29 is 24.2 Å². The molecule has 1 N–H and O–H groups in total. The number of amides is 2. The van der Waals surface area contributed by atoms with E-state index in [-0.39, 0.29) is 43.1 Å². The van der Waals surface area contributed by atoms with E-state index in [1.807, 2.05) is 48.5 Å². The molecule has 0 unspecified atom stereocenters. The van der Waals surface area contributed by atoms with Gasteiger partial charge in [0.2, 0.25) is 5.16 Å². The third-order valence-electron chi connectivity index (χ3n) is 7.55. The third-order valence-corrected chi connectivity index (χ3v) is 8.65. The van der Waals surface area contributed by atoms with Crippen LogP contribution >= 0.6 is 11.8 Å². The van der Waals surface area contributed by atoms with E-state index in [0.717, 1.165) is 22.3 Å². The Morgan fingerprint density at radius 3 is 2.12 bits per heavy atom. The molecule has 210 valence electrons. The fraction of sp³-hybridized carbons (Fsp3) is 0.300. The van der Waals surface area contributed by atoms with Crippen LogP contribution in [0.25, 0.3) is 0 Å². The van der Waals surface area contributed by atoms with E-state index in [1.165, 1.54) is 16.7 Å². The van der Waals surface area contributed by atoms with Gasteiger partial charge in [0, 0.05) is 24.3 Å². The Balaban J connectivity index is 1.21. The van der Waals surface area contributed by atoms with Crippen LogP contribution in [0.2, 0.25) is 0 Å². The molecular weight excluding hydrogens is 542 g/mol. The van der Waals surface area contributed by atoms with Crippen molar-refractivity contribution in [1.29, 1.82) is 0 Å². The van der Waals surface area contributed by atoms with E-state index >= 15 is 0 Å². The van der Waals surface area contributed by atoms with E-state index in [2.05, 4.69) is 22.4 Å². The first-order chi connectivity index (χ1) is 19.9. The van der Waals surface area contributed by atoms with Crippen LogP contribution in [0.3, 0.4) is 0 Å². The molecule has 1 fully saturated rings. The number of aliphatic hydroxyl groups excluding tert-OH is 1. The van der Waals surface area contributed by atoms with Crippen molar-refractivity contribution in [3.05, 3.63) is 106 Å². The van der Waals surface area contributed by atoms with E-state index in [9.17, 15) is 14.7 Å². The summed E-state index contributed by atoms with van der Waals surface area (Å²) >= 11 is 1.52. The number of hydrogen-bond donors (Lipinski definition) is 1. The first kappa shape index (κ1) is 27.3. The van der Waals surface area contributed by atoms with Crippen molar-refractivity contribution in [2.75, 3.05) is 5.75 Å². The highest BCUT2D eigenvalue weighted by molar-refractivity contribution is 7.99. The van der Waals surface area contributed by atoms with Gasteiger partial charge in [-0.2, -0.15) is 0 Å². The summed E-state index contributed by atoms with van der Waals surface area (Å²) in [5.74, 6) is 0.0819. The molecule has 0 aliphatic carbocycles. The summed E-state index contributed by atoms with van der Waals surface area (Å²) in [6.45, 7) is 2.26. The second kappa shape index (κ2) is 11.5. The first-order valence-electron chi connectivity index (χ1n) is 13.3. The number of aryl methyl sites for hydroxylation is 1. The average molecular weight is 572 g/mol. The predicted molar refractivity (Wildman–Crippen MR) is 150 cm³/mol. The molecule has 2 aliphatic rings. The van der Waals surface area contributed by atoms with Gasteiger partial charge in [-0.3, -0.25) is 14.5 Å². The van der Waals surface area contributed by atoms with Crippen LogP contribution < -0.4 is 0 Å². The second-order valence-corrected chi connectivity index (χ2v) is 11.2. The number of aromatic nitrogens is 4. The van der Waals surface area contributed by atoms with Gasteiger partial charge in [0.1, 0.15) is 0 Å². The second-order valence-electron chi connectivity index (χ2n) is 10.2. The Kier molecular flexibility index (Phi) is 7.67. The molecule has 0 saturated carbocycles. The molecule has 0 radical (unpaired) electrons. The summed E-state index contributed by atoms with van der Waals surface area (Å²) in [4.78, 5) is 26.9. The van der Waals surface area contributed by atoms with Gasteiger partial charge in [0.25, 0.3) is 11.8 Å². The molecule has 3 aromatic carbocycles. The number of aliphatic hydroxyl groups is 1. The Morgan fingerprint density at radius 2 is 1.51 bits per heavy atom. The van der Waals surface area contributed by atoms with Gasteiger partial charge in [-0.1, -0.05) is 79.3 Å². The highest BCUT2D eigenvalue weighted by Crippen LogP contribution is 2.43. The summed E-state index contributed by atoms with van der Waals surface area (Å²) < 4.78 is 14.6. The number of hydrogen-bond acceptors (Lipinski definition) is 9. The maximum Gasteiger partial charge on any atom is 0.261 e. The zero-order chi connectivity index (χ0) is 28.5. The van der Waals surface area contributed by atoms with Gasteiger partial charge >= 0.3 is 0 Å². The minimum Gasteiger partial charge on any atom is -0.392 e. The highest BCUT2D eigenvalue weighted by Gasteiger charge is 2.39. The SMILES string of the molecule is C[C@@H]1[C@H](CSc2nnnn2C)O[C@H](c2ccc(CN3C(=O)c4ccccc4C3=O)cc2)O[C@@H]1c1ccc(CO)cc1. The number of carbonyl (C=O) groups excluding carboxylic acids is 2. The standard InChI is InChI=1S/C30H29N5O5S/c1-18-25(17-41-30-31-32-33-34(30)2)39-29(40-26(18)21-11-9-20(16-36)10-12-21)22-13-7-19(8-14-22)15-35-27(37)23-5-3-4-6-24(23)28(35)38/h3-14,18,25-26,29,36H,15-17H2,1-2H3/t18-,25+,26+,29+/m1/s1. The number of tetrazole rings is 1. The maximum atomic E-state index is 12.8. The lowest BCUT2D eigenvalue weighted by Crippen LogP contribution is -2.38. The molecule has 0 spiro atoms. The number of carbonyl (C=O) groups is 2. The molecule has 4 atom stereocenters. The van der Waals surface area contributed by atoms with Gasteiger partial charge in [-0.05, 0) is 39.2 Å². The zero-order valence-corrected chi connectivity index (χ0v) is 23.4. The molecule has 1 saturated heterocycles. The number of imide groups is 1. The lowest BCUT2D eigenvalue weighted by Gasteiger charge is -2.41. The average Bonchev–Trinajstić information content (AvgIpc) is 3.53. The van der Waals surface area contributed by atoms with Crippen LogP contribution in [-0.2, 0) is 29.7 Å². The Bertz CT molecular complexity index is 1520. The molecular formula is C30H29N5O5S. The number of benzene rings is 3. The summed E-state index contributed by atoms with van der Waals surface area (Å²) in [6, 6.07) is 22.3. The van der Waals surface area contributed by atoms with Gasteiger partial charge in [0.15, 0.2) is 6.29 Å². The smallest absolute Gasteiger partial charge is 0.261 e. The van der Waals surface area contributed by atoms with Crippen molar-refractivity contribution >= 4 is 23.6 Å².